The number of benzene rings is 2. The maximum atomic E-state index is 12.9. The van der Waals surface area contributed by atoms with Crippen LogP contribution in [0.4, 0.5) is 5.69 Å². The van der Waals surface area contributed by atoms with Gasteiger partial charge < -0.3 is 14.5 Å². The predicted molar refractivity (Wildman–Crippen MR) is 134 cm³/mol. The van der Waals surface area contributed by atoms with Crippen LogP contribution in [0.2, 0.25) is 5.02 Å². The number of piperidine rings is 1. The van der Waals surface area contributed by atoms with Crippen molar-refractivity contribution in [1.82, 2.24) is 9.21 Å². The molecule has 34 heavy (non-hydrogen) atoms. The van der Waals surface area contributed by atoms with Gasteiger partial charge in [-0.15, -0.1) is 0 Å². The van der Waals surface area contributed by atoms with Crippen molar-refractivity contribution in [3.63, 3.8) is 0 Å². The highest BCUT2D eigenvalue weighted by molar-refractivity contribution is 7.89. The average Bonchev–Trinajstić information content (AvgIpc) is 2.80. The van der Waals surface area contributed by atoms with Gasteiger partial charge in [0.2, 0.25) is 10.0 Å². The molecule has 184 valence electrons. The predicted octanol–water partition coefficient (Wildman–Crippen LogP) is 3.98. The van der Waals surface area contributed by atoms with Crippen molar-refractivity contribution in [3.05, 3.63) is 53.1 Å². The Morgan fingerprint density at radius 2 is 1.79 bits per heavy atom. The van der Waals surface area contributed by atoms with E-state index in [0.717, 1.165) is 38.0 Å². The van der Waals surface area contributed by atoms with Crippen LogP contribution in [-0.4, -0.2) is 70.9 Å². The quantitative estimate of drug-likeness (QED) is 0.569. The van der Waals surface area contributed by atoms with E-state index in [-0.39, 0.29) is 10.8 Å². The van der Waals surface area contributed by atoms with Gasteiger partial charge in [-0.05, 0) is 61.4 Å². The molecule has 2 aliphatic heterocycles. The molecule has 0 radical (unpaired) electrons. The number of carbonyl (C=O) groups is 1. The van der Waals surface area contributed by atoms with E-state index in [4.69, 9.17) is 16.3 Å². The molecule has 0 aliphatic carbocycles. The first-order chi connectivity index (χ1) is 16.2. The molecule has 0 atom stereocenters. The van der Waals surface area contributed by atoms with Crippen LogP contribution in [0, 0.1) is 11.8 Å². The van der Waals surface area contributed by atoms with Crippen molar-refractivity contribution in [1.29, 1.82) is 0 Å². The summed E-state index contributed by atoms with van der Waals surface area (Å²) in [6, 6.07) is 12.3. The first kappa shape index (κ1) is 24.8. The molecule has 0 saturated carbocycles. The fraction of sp³-hybridized carbons (Fsp3) is 0.480. The lowest BCUT2D eigenvalue weighted by Crippen LogP contribution is -2.50. The summed E-state index contributed by atoms with van der Waals surface area (Å²) in [4.78, 5) is 16.3. The lowest BCUT2D eigenvalue weighted by atomic mass is 9.84. The van der Waals surface area contributed by atoms with Gasteiger partial charge in [0.1, 0.15) is 5.75 Å². The number of anilines is 1. The zero-order chi connectivity index (χ0) is 24.5. The summed E-state index contributed by atoms with van der Waals surface area (Å²) >= 11 is 6.39. The van der Waals surface area contributed by atoms with Crippen molar-refractivity contribution in [2.75, 3.05) is 52.3 Å². The van der Waals surface area contributed by atoms with Crippen molar-refractivity contribution >= 4 is 33.2 Å². The summed E-state index contributed by atoms with van der Waals surface area (Å²) in [5, 5.41) is 0.477. The third-order valence-electron chi connectivity index (χ3n) is 6.84. The van der Waals surface area contributed by atoms with Gasteiger partial charge in [-0.1, -0.05) is 17.7 Å². The zero-order valence-electron chi connectivity index (χ0n) is 19.9. The van der Waals surface area contributed by atoms with Gasteiger partial charge in [-0.3, -0.25) is 4.79 Å². The second-order valence-corrected chi connectivity index (χ2v) is 11.7. The molecule has 7 nitrogen and oxygen atoms in total. The second kappa shape index (κ2) is 10.1. The fourth-order valence-corrected chi connectivity index (χ4v) is 6.68. The molecule has 0 unspecified atom stereocenters. The molecular weight excluding hydrogens is 474 g/mol. The van der Waals surface area contributed by atoms with Gasteiger partial charge in [0, 0.05) is 52.0 Å². The van der Waals surface area contributed by atoms with Crippen molar-refractivity contribution in [2.24, 2.45) is 11.8 Å². The molecule has 2 heterocycles. The first-order valence-electron chi connectivity index (χ1n) is 11.6. The van der Waals surface area contributed by atoms with Crippen LogP contribution in [0.15, 0.2) is 47.4 Å². The molecule has 2 aliphatic rings. The molecule has 1 amide bonds. The highest BCUT2D eigenvalue weighted by Crippen LogP contribution is 2.34. The molecule has 2 fully saturated rings. The summed E-state index contributed by atoms with van der Waals surface area (Å²) in [7, 11) is 1.50. The third kappa shape index (κ3) is 5.19. The number of hydrogen-bond donors (Lipinski definition) is 0. The molecule has 0 bridgehead atoms. The molecule has 2 aromatic carbocycles. The third-order valence-corrected chi connectivity index (χ3v) is 8.98. The van der Waals surface area contributed by atoms with E-state index in [2.05, 4.69) is 4.90 Å². The van der Waals surface area contributed by atoms with Crippen LogP contribution >= 0.6 is 11.6 Å². The maximum Gasteiger partial charge on any atom is 0.254 e. The fourth-order valence-electron chi connectivity index (χ4n) is 4.79. The summed E-state index contributed by atoms with van der Waals surface area (Å²) in [5.41, 5.74) is 1.56. The number of sulfonamides is 1. The monoisotopic (exact) mass is 505 g/mol. The van der Waals surface area contributed by atoms with Gasteiger partial charge in [-0.25, -0.2) is 8.42 Å². The summed E-state index contributed by atoms with van der Waals surface area (Å²) in [6.07, 6.45) is 3.18. The minimum Gasteiger partial charge on any atom is -0.497 e. The van der Waals surface area contributed by atoms with E-state index in [1.54, 1.807) is 48.7 Å². The number of rotatable bonds is 7. The van der Waals surface area contributed by atoms with Crippen molar-refractivity contribution < 1.29 is 17.9 Å². The van der Waals surface area contributed by atoms with E-state index < -0.39 is 10.0 Å². The van der Waals surface area contributed by atoms with Gasteiger partial charge in [0.15, 0.2) is 0 Å². The van der Waals surface area contributed by atoms with E-state index in [0.29, 0.717) is 41.3 Å². The maximum absolute atomic E-state index is 12.9. The van der Waals surface area contributed by atoms with Crippen LogP contribution in [0.3, 0.4) is 0 Å². The van der Waals surface area contributed by atoms with E-state index in [1.807, 2.05) is 12.1 Å². The highest BCUT2D eigenvalue weighted by Gasteiger charge is 2.38. The number of nitrogens with zero attached hydrogens (tertiary/aromatic N) is 3. The Labute approximate surface area is 207 Å². The topological polar surface area (TPSA) is 70.2 Å². The van der Waals surface area contributed by atoms with Crippen LogP contribution in [0.25, 0.3) is 0 Å². The Balaban J connectivity index is 1.27. The molecule has 4 rings (SSSR count). The zero-order valence-corrected chi connectivity index (χ0v) is 21.5. The Kier molecular flexibility index (Phi) is 7.40. The number of ether oxygens (including phenoxy) is 1. The standard InChI is InChI=1S/C25H32ClN3O4S/c1-27(2)25(30)23-8-7-20(14-24(23)26)28-11-9-18(10-12-28)13-19-16-29(17-19)34(31,32)22-6-4-5-21(15-22)33-3/h4-8,14-15,18-19H,9-13,16-17H2,1-3H3. The molecule has 9 heteroatoms. The second-order valence-electron chi connectivity index (χ2n) is 9.40. The Bertz CT molecular complexity index is 1140. The van der Waals surface area contributed by atoms with E-state index in [1.165, 1.54) is 12.0 Å². The molecule has 0 aromatic heterocycles. The lowest BCUT2D eigenvalue weighted by molar-refractivity contribution is 0.0828. The number of methoxy groups -OCH3 is 1. The minimum atomic E-state index is -3.47. The van der Waals surface area contributed by atoms with Gasteiger partial charge >= 0.3 is 0 Å². The molecule has 2 saturated heterocycles. The largest absolute Gasteiger partial charge is 0.497 e. The van der Waals surface area contributed by atoms with Crippen molar-refractivity contribution in [3.8, 4) is 5.75 Å². The summed E-state index contributed by atoms with van der Waals surface area (Å²) < 4.78 is 32.5. The van der Waals surface area contributed by atoms with Crippen LogP contribution in [0.5, 0.6) is 5.75 Å². The molecule has 0 N–H and O–H groups in total. The summed E-state index contributed by atoms with van der Waals surface area (Å²) in [6.45, 7) is 3.02. The lowest BCUT2D eigenvalue weighted by Gasteiger charge is -2.41. The number of amides is 1. The number of carbonyl (C=O) groups excluding carboxylic acids is 1. The average molecular weight is 506 g/mol. The molecular formula is C25H32ClN3O4S. The number of halogens is 1. The summed E-state index contributed by atoms with van der Waals surface area (Å²) in [5.74, 6) is 1.44. The highest BCUT2D eigenvalue weighted by atomic mass is 35.5. The SMILES string of the molecule is COc1cccc(S(=O)(=O)N2CC(CC3CCN(c4ccc(C(=O)N(C)C)c(Cl)c4)CC3)C2)c1. The Morgan fingerprint density at radius 3 is 2.41 bits per heavy atom. The Hall–Kier alpha value is -2.29. The molecule has 0 spiro atoms. The normalized spacial score (nSPS) is 17.9. The smallest absolute Gasteiger partial charge is 0.254 e. The van der Waals surface area contributed by atoms with Crippen LogP contribution in [0.1, 0.15) is 29.6 Å². The minimum absolute atomic E-state index is 0.0989. The van der Waals surface area contributed by atoms with Crippen LogP contribution < -0.4 is 9.64 Å². The van der Waals surface area contributed by atoms with Gasteiger partial charge in [0.25, 0.3) is 5.91 Å². The first-order valence-corrected chi connectivity index (χ1v) is 13.4. The van der Waals surface area contributed by atoms with Gasteiger partial charge in [-0.2, -0.15) is 4.31 Å². The van der Waals surface area contributed by atoms with Gasteiger partial charge in [0.05, 0.1) is 22.6 Å². The number of hydrogen-bond acceptors (Lipinski definition) is 5. The van der Waals surface area contributed by atoms with Crippen molar-refractivity contribution in [2.45, 2.75) is 24.2 Å². The molecule has 2 aromatic rings. The Morgan fingerprint density at radius 1 is 1.09 bits per heavy atom. The van der Waals surface area contributed by atoms with Crippen LogP contribution in [-0.2, 0) is 10.0 Å². The van der Waals surface area contributed by atoms with E-state index in [9.17, 15) is 13.2 Å². The van der Waals surface area contributed by atoms with E-state index >= 15 is 0 Å².